The zero-order valence-electron chi connectivity index (χ0n) is 10.9. The van der Waals surface area contributed by atoms with Crippen LogP contribution in [0.4, 0.5) is 0 Å². The fraction of sp³-hybridized carbons (Fsp3) is 0.667. The molecule has 0 radical (unpaired) electrons. The van der Waals surface area contributed by atoms with Gasteiger partial charge in [-0.05, 0) is 31.2 Å². The van der Waals surface area contributed by atoms with Crippen LogP contribution in [0.2, 0.25) is 0 Å². The van der Waals surface area contributed by atoms with Crippen LogP contribution in [0, 0.1) is 0 Å². The number of nitrogens with two attached hydrogens (primary N) is 1. The maximum Gasteiger partial charge on any atom is 0.191 e. The molecule has 94 valence electrons. The van der Waals surface area contributed by atoms with E-state index in [0.29, 0.717) is 12.5 Å². The highest BCUT2D eigenvalue weighted by Crippen LogP contribution is 2.23. The van der Waals surface area contributed by atoms with Gasteiger partial charge in [0, 0.05) is 21.1 Å². The van der Waals surface area contributed by atoms with Gasteiger partial charge in [-0.3, -0.25) is 4.68 Å². The van der Waals surface area contributed by atoms with Gasteiger partial charge in [-0.25, -0.2) is 4.99 Å². The molecule has 0 spiro atoms. The Bertz CT molecular complexity index is 430. The first-order valence-corrected chi connectivity index (χ1v) is 6.10. The van der Waals surface area contributed by atoms with E-state index in [0.717, 1.165) is 12.8 Å². The largest absolute Gasteiger partial charge is 0.370 e. The summed E-state index contributed by atoms with van der Waals surface area (Å²) in [4.78, 5) is 6.22. The van der Waals surface area contributed by atoms with Crippen molar-refractivity contribution in [2.45, 2.75) is 32.2 Å². The zero-order chi connectivity index (χ0) is 12.4. The molecule has 1 heterocycles. The molecule has 0 unspecified atom stereocenters. The second kappa shape index (κ2) is 4.77. The van der Waals surface area contributed by atoms with Gasteiger partial charge in [0.1, 0.15) is 0 Å². The standard InChI is InChI=1S/C12H21N5/c1-16(2)12(13)14-8-11-9-6-4-5-7-10(9)15-17(11)3/h4-8H2,1-3H3,(H2,13,14). The number of aromatic nitrogens is 2. The number of hydrogen-bond donors (Lipinski definition) is 1. The van der Waals surface area contributed by atoms with Crippen molar-refractivity contribution in [1.29, 1.82) is 0 Å². The van der Waals surface area contributed by atoms with Crippen molar-refractivity contribution < 1.29 is 0 Å². The van der Waals surface area contributed by atoms with Crippen LogP contribution in [0.3, 0.4) is 0 Å². The van der Waals surface area contributed by atoms with Crippen LogP contribution in [0.1, 0.15) is 29.8 Å². The Morgan fingerprint density at radius 1 is 1.41 bits per heavy atom. The number of hydrogen-bond acceptors (Lipinski definition) is 2. The fourth-order valence-corrected chi connectivity index (χ4v) is 2.24. The Hall–Kier alpha value is -1.52. The molecule has 1 aliphatic rings. The third-order valence-electron chi connectivity index (χ3n) is 3.30. The van der Waals surface area contributed by atoms with E-state index in [9.17, 15) is 0 Å². The summed E-state index contributed by atoms with van der Waals surface area (Å²) in [5.41, 5.74) is 9.67. The first-order chi connectivity index (χ1) is 8.09. The topological polar surface area (TPSA) is 59.4 Å². The third-order valence-corrected chi connectivity index (χ3v) is 3.30. The molecule has 0 aromatic carbocycles. The lowest BCUT2D eigenvalue weighted by atomic mass is 9.96. The lowest BCUT2D eigenvalue weighted by Crippen LogP contribution is -2.30. The van der Waals surface area contributed by atoms with Crippen molar-refractivity contribution in [3.63, 3.8) is 0 Å². The predicted octanol–water partition coefficient (Wildman–Crippen LogP) is 0.675. The highest BCUT2D eigenvalue weighted by atomic mass is 15.3. The van der Waals surface area contributed by atoms with Gasteiger partial charge < -0.3 is 10.6 Å². The van der Waals surface area contributed by atoms with Crippen molar-refractivity contribution >= 4 is 5.96 Å². The molecule has 0 aliphatic heterocycles. The van der Waals surface area contributed by atoms with E-state index in [2.05, 4.69) is 10.1 Å². The molecule has 0 bridgehead atoms. The molecule has 1 aromatic heterocycles. The first kappa shape index (κ1) is 12.0. The van der Waals surface area contributed by atoms with Crippen LogP contribution in [-0.4, -0.2) is 34.7 Å². The molecule has 0 saturated heterocycles. The predicted molar refractivity (Wildman–Crippen MR) is 68.9 cm³/mol. The normalized spacial score (nSPS) is 15.8. The molecule has 2 N–H and O–H groups in total. The van der Waals surface area contributed by atoms with E-state index in [-0.39, 0.29) is 0 Å². The molecule has 0 fully saturated rings. The number of nitrogens with zero attached hydrogens (tertiary/aromatic N) is 4. The molecule has 1 aliphatic carbocycles. The maximum atomic E-state index is 5.81. The summed E-state index contributed by atoms with van der Waals surface area (Å²) in [5, 5.41) is 4.57. The summed E-state index contributed by atoms with van der Waals surface area (Å²) in [7, 11) is 5.80. The SMILES string of the molecule is CN(C)C(N)=NCc1c2c(nn1C)CCCC2. The number of guanidine groups is 1. The highest BCUT2D eigenvalue weighted by Gasteiger charge is 2.18. The van der Waals surface area contributed by atoms with Crippen LogP contribution < -0.4 is 5.73 Å². The molecular formula is C12H21N5. The van der Waals surface area contributed by atoms with E-state index < -0.39 is 0 Å². The summed E-state index contributed by atoms with van der Waals surface area (Å²) in [6.07, 6.45) is 4.76. The second-order valence-corrected chi connectivity index (χ2v) is 4.77. The Labute approximate surface area is 102 Å². The summed E-state index contributed by atoms with van der Waals surface area (Å²) < 4.78 is 1.96. The lowest BCUT2D eigenvalue weighted by molar-refractivity contribution is 0.605. The Morgan fingerprint density at radius 3 is 2.82 bits per heavy atom. The van der Waals surface area contributed by atoms with Gasteiger partial charge in [-0.1, -0.05) is 0 Å². The highest BCUT2D eigenvalue weighted by molar-refractivity contribution is 5.77. The first-order valence-electron chi connectivity index (χ1n) is 6.10. The van der Waals surface area contributed by atoms with Crippen LogP contribution in [0.5, 0.6) is 0 Å². The van der Waals surface area contributed by atoms with Crippen molar-refractivity contribution in [2.24, 2.45) is 17.8 Å². The van der Waals surface area contributed by atoms with E-state index in [1.165, 1.54) is 29.8 Å². The van der Waals surface area contributed by atoms with E-state index in [1.807, 2.05) is 30.7 Å². The van der Waals surface area contributed by atoms with E-state index in [1.54, 1.807) is 0 Å². The van der Waals surface area contributed by atoms with E-state index in [4.69, 9.17) is 5.73 Å². The van der Waals surface area contributed by atoms with Crippen LogP contribution in [0.15, 0.2) is 4.99 Å². The van der Waals surface area contributed by atoms with Crippen molar-refractivity contribution in [2.75, 3.05) is 14.1 Å². The molecule has 2 rings (SSSR count). The van der Waals surface area contributed by atoms with Gasteiger partial charge in [-0.15, -0.1) is 0 Å². The maximum absolute atomic E-state index is 5.81. The van der Waals surface area contributed by atoms with Crippen LogP contribution >= 0.6 is 0 Å². The minimum atomic E-state index is 0.566. The molecule has 0 amide bonds. The molecule has 0 saturated carbocycles. The average Bonchev–Trinajstić information content (AvgIpc) is 2.61. The fourth-order valence-electron chi connectivity index (χ4n) is 2.24. The molecule has 5 nitrogen and oxygen atoms in total. The number of rotatable bonds is 2. The van der Waals surface area contributed by atoms with Crippen molar-refractivity contribution in [1.82, 2.24) is 14.7 Å². The van der Waals surface area contributed by atoms with Gasteiger partial charge in [-0.2, -0.15) is 5.10 Å². The molecule has 1 aromatic rings. The number of aryl methyl sites for hydroxylation is 2. The molecule has 17 heavy (non-hydrogen) atoms. The number of fused-ring (bicyclic) bond motifs is 1. The molecular weight excluding hydrogens is 214 g/mol. The van der Waals surface area contributed by atoms with Gasteiger partial charge in [0.05, 0.1) is 17.9 Å². The Kier molecular flexibility index (Phi) is 3.36. The summed E-state index contributed by atoms with van der Waals surface area (Å²) in [6, 6.07) is 0. The average molecular weight is 235 g/mol. The van der Waals surface area contributed by atoms with Crippen LogP contribution in [-0.2, 0) is 26.4 Å². The number of aliphatic imine (C=N–C) groups is 1. The van der Waals surface area contributed by atoms with Crippen molar-refractivity contribution in [3.05, 3.63) is 17.0 Å². The van der Waals surface area contributed by atoms with Crippen molar-refractivity contribution in [3.8, 4) is 0 Å². The van der Waals surface area contributed by atoms with Gasteiger partial charge >= 0.3 is 0 Å². The molecule has 0 atom stereocenters. The summed E-state index contributed by atoms with van der Waals surface area (Å²) in [5.74, 6) is 0.566. The second-order valence-electron chi connectivity index (χ2n) is 4.77. The summed E-state index contributed by atoms with van der Waals surface area (Å²) in [6.45, 7) is 0.628. The van der Waals surface area contributed by atoms with Gasteiger partial charge in [0.2, 0.25) is 0 Å². The molecule has 5 heteroatoms. The monoisotopic (exact) mass is 235 g/mol. The Morgan fingerprint density at radius 2 is 2.12 bits per heavy atom. The lowest BCUT2D eigenvalue weighted by Gasteiger charge is -2.12. The van der Waals surface area contributed by atoms with Gasteiger partial charge in [0.15, 0.2) is 5.96 Å². The zero-order valence-corrected chi connectivity index (χ0v) is 10.9. The summed E-state index contributed by atoms with van der Waals surface area (Å²) >= 11 is 0. The van der Waals surface area contributed by atoms with E-state index >= 15 is 0 Å². The van der Waals surface area contributed by atoms with Crippen LogP contribution in [0.25, 0.3) is 0 Å². The smallest absolute Gasteiger partial charge is 0.191 e. The third kappa shape index (κ3) is 2.43. The van der Waals surface area contributed by atoms with Gasteiger partial charge in [0.25, 0.3) is 0 Å². The minimum absolute atomic E-state index is 0.566. The quantitative estimate of drug-likeness (QED) is 0.605. The minimum Gasteiger partial charge on any atom is -0.370 e. The Balaban J connectivity index is 2.21.